The van der Waals surface area contributed by atoms with Crippen LogP contribution in [0.1, 0.15) is 19.7 Å². The Labute approximate surface area is 116 Å². The highest BCUT2D eigenvalue weighted by Crippen LogP contribution is 2.27. The summed E-state index contributed by atoms with van der Waals surface area (Å²) in [5.41, 5.74) is 0.556. The average Bonchev–Trinajstić information content (AvgIpc) is 2.86. The number of aromatic nitrogens is 2. The number of hydrogen-bond donors (Lipinski definition) is 2. The molecule has 0 amide bonds. The molecule has 7 heteroatoms. The normalized spacial score (nSPS) is 10.8. The van der Waals surface area contributed by atoms with Gasteiger partial charge in [0.15, 0.2) is 0 Å². The van der Waals surface area contributed by atoms with Crippen LogP contribution in [0.15, 0.2) is 22.6 Å². The van der Waals surface area contributed by atoms with E-state index in [1.165, 1.54) is 19.2 Å². The Kier molecular flexibility index (Phi) is 4.52. The summed E-state index contributed by atoms with van der Waals surface area (Å²) in [5.74, 6) is 0.465. The smallest absolute Gasteiger partial charge is 0.320 e. The van der Waals surface area contributed by atoms with Crippen LogP contribution in [-0.2, 0) is 6.54 Å². The van der Waals surface area contributed by atoms with Gasteiger partial charge in [0.2, 0.25) is 5.89 Å². The number of halogens is 1. The molecule has 20 heavy (non-hydrogen) atoms. The van der Waals surface area contributed by atoms with Gasteiger partial charge in [-0.25, -0.2) is 4.39 Å². The van der Waals surface area contributed by atoms with E-state index in [0.29, 0.717) is 29.9 Å². The maximum Gasteiger partial charge on any atom is 0.320 e. The van der Waals surface area contributed by atoms with Crippen molar-refractivity contribution in [3.05, 3.63) is 29.9 Å². The zero-order chi connectivity index (χ0) is 14.5. The second-order valence-electron chi connectivity index (χ2n) is 4.51. The summed E-state index contributed by atoms with van der Waals surface area (Å²) in [7, 11) is 1.46. The average molecular weight is 280 g/mol. The van der Waals surface area contributed by atoms with E-state index in [0.717, 1.165) is 0 Å². The first-order chi connectivity index (χ1) is 9.58. The van der Waals surface area contributed by atoms with Crippen molar-refractivity contribution in [1.82, 2.24) is 15.5 Å². The Morgan fingerprint density at radius 1 is 1.35 bits per heavy atom. The van der Waals surface area contributed by atoms with Gasteiger partial charge in [-0.2, -0.15) is 0 Å². The molecule has 2 rings (SSSR count). The Balaban J connectivity index is 2.06. The van der Waals surface area contributed by atoms with Crippen LogP contribution in [0, 0.1) is 5.82 Å². The van der Waals surface area contributed by atoms with Gasteiger partial charge in [0.1, 0.15) is 11.6 Å². The molecular formula is C13H17FN4O2. The van der Waals surface area contributed by atoms with Gasteiger partial charge in [0, 0.05) is 12.1 Å². The van der Waals surface area contributed by atoms with Crippen LogP contribution in [-0.4, -0.2) is 23.3 Å². The van der Waals surface area contributed by atoms with Crippen molar-refractivity contribution in [1.29, 1.82) is 0 Å². The molecule has 0 saturated heterocycles. The Morgan fingerprint density at radius 2 is 2.15 bits per heavy atom. The van der Waals surface area contributed by atoms with Crippen molar-refractivity contribution < 1.29 is 13.5 Å². The van der Waals surface area contributed by atoms with Gasteiger partial charge in [0.25, 0.3) is 0 Å². The molecule has 2 aromatic rings. The zero-order valence-corrected chi connectivity index (χ0v) is 11.6. The lowest BCUT2D eigenvalue weighted by Gasteiger charge is -2.07. The van der Waals surface area contributed by atoms with Gasteiger partial charge in [-0.3, -0.25) is 0 Å². The van der Waals surface area contributed by atoms with Gasteiger partial charge in [-0.15, -0.1) is 5.10 Å². The van der Waals surface area contributed by atoms with Crippen LogP contribution in [0.5, 0.6) is 5.75 Å². The Bertz CT molecular complexity index is 571. The number of methoxy groups -OCH3 is 1. The van der Waals surface area contributed by atoms with Crippen LogP contribution in [0.2, 0.25) is 0 Å². The van der Waals surface area contributed by atoms with Crippen LogP contribution < -0.4 is 15.4 Å². The van der Waals surface area contributed by atoms with Crippen molar-refractivity contribution in [3.8, 4) is 5.75 Å². The molecule has 1 heterocycles. The van der Waals surface area contributed by atoms with Crippen molar-refractivity contribution in [3.63, 3.8) is 0 Å². The first kappa shape index (κ1) is 14.3. The second kappa shape index (κ2) is 6.33. The van der Waals surface area contributed by atoms with E-state index < -0.39 is 0 Å². The molecule has 2 N–H and O–H groups in total. The number of ether oxygens (including phenoxy) is 1. The zero-order valence-electron chi connectivity index (χ0n) is 11.6. The summed E-state index contributed by atoms with van der Waals surface area (Å²) >= 11 is 0. The molecule has 0 spiro atoms. The molecule has 0 bridgehead atoms. The molecule has 0 aliphatic carbocycles. The van der Waals surface area contributed by atoms with Crippen molar-refractivity contribution >= 4 is 11.7 Å². The third-order valence-corrected chi connectivity index (χ3v) is 2.53. The minimum Gasteiger partial charge on any atom is -0.494 e. The number of nitrogens with one attached hydrogen (secondary N) is 2. The predicted molar refractivity (Wildman–Crippen MR) is 72.5 cm³/mol. The highest BCUT2D eigenvalue weighted by atomic mass is 19.1. The molecule has 6 nitrogen and oxygen atoms in total. The summed E-state index contributed by atoms with van der Waals surface area (Å²) < 4.78 is 23.6. The molecule has 0 aliphatic rings. The largest absolute Gasteiger partial charge is 0.494 e. The van der Waals surface area contributed by atoms with Crippen LogP contribution in [0.3, 0.4) is 0 Å². The molecule has 1 aromatic carbocycles. The van der Waals surface area contributed by atoms with Gasteiger partial charge < -0.3 is 19.8 Å². The SMILES string of the molecule is COc1cc(F)ccc1Nc1nnc(CNC(C)C)o1. The van der Waals surface area contributed by atoms with Crippen LogP contribution in [0.4, 0.5) is 16.1 Å². The van der Waals surface area contributed by atoms with E-state index >= 15 is 0 Å². The molecule has 0 aliphatic heterocycles. The number of nitrogens with zero attached hydrogens (tertiary/aromatic N) is 2. The lowest BCUT2D eigenvalue weighted by molar-refractivity contribution is 0.412. The summed E-state index contributed by atoms with van der Waals surface area (Å²) in [4.78, 5) is 0. The minimum atomic E-state index is -0.375. The van der Waals surface area contributed by atoms with Crippen LogP contribution >= 0.6 is 0 Å². The molecule has 108 valence electrons. The van der Waals surface area contributed by atoms with Crippen LogP contribution in [0.25, 0.3) is 0 Å². The molecule has 0 unspecified atom stereocenters. The van der Waals surface area contributed by atoms with E-state index in [1.54, 1.807) is 6.07 Å². The highest BCUT2D eigenvalue weighted by molar-refractivity contribution is 5.61. The second-order valence-corrected chi connectivity index (χ2v) is 4.51. The van der Waals surface area contributed by atoms with Gasteiger partial charge >= 0.3 is 6.01 Å². The fraction of sp³-hybridized carbons (Fsp3) is 0.385. The fourth-order valence-corrected chi connectivity index (χ4v) is 1.55. The third kappa shape index (κ3) is 3.67. The topological polar surface area (TPSA) is 72.2 Å². The van der Waals surface area contributed by atoms with Crippen molar-refractivity contribution in [2.24, 2.45) is 0 Å². The quantitative estimate of drug-likeness (QED) is 0.847. The Morgan fingerprint density at radius 3 is 2.85 bits per heavy atom. The summed E-state index contributed by atoms with van der Waals surface area (Å²) in [6, 6.07) is 4.71. The summed E-state index contributed by atoms with van der Waals surface area (Å²) in [6.45, 7) is 4.55. The maximum absolute atomic E-state index is 13.1. The molecule has 0 fully saturated rings. The lowest BCUT2D eigenvalue weighted by Crippen LogP contribution is -2.21. The highest BCUT2D eigenvalue weighted by Gasteiger charge is 2.10. The van der Waals surface area contributed by atoms with E-state index in [1.807, 2.05) is 13.8 Å². The van der Waals surface area contributed by atoms with Crippen molar-refractivity contribution in [2.75, 3.05) is 12.4 Å². The number of anilines is 2. The lowest BCUT2D eigenvalue weighted by atomic mass is 10.3. The molecule has 1 aromatic heterocycles. The molecule has 0 atom stereocenters. The summed E-state index contributed by atoms with van der Waals surface area (Å²) in [5, 5.41) is 13.8. The minimum absolute atomic E-state index is 0.232. The van der Waals surface area contributed by atoms with Gasteiger partial charge in [0.05, 0.1) is 19.3 Å². The first-order valence-corrected chi connectivity index (χ1v) is 6.25. The molecular weight excluding hydrogens is 263 g/mol. The Hall–Kier alpha value is -2.15. The van der Waals surface area contributed by atoms with E-state index in [9.17, 15) is 4.39 Å². The molecule has 0 saturated carbocycles. The van der Waals surface area contributed by atoms with E-state index in [4.69, 9.17) is 9.15 Å². The number of benzene rings is 1. The number of hydrogen-bond acceptors (Lipinski definition) is 6. The number of rotatable bonds is 6. The standard InChI is InChI=1S/C13H17FN4O2/c1-8(2)15-7-12-17-18-13(20-12)16-10-5-4-9(14)6-11(10)19-3/h4-6,8,15H,7H2,1-3H3,(H,16,18). The maximum atomic E-state index is 13.1. The van der Waals surface area contributed by atoms with Crippen molar-refractivity contribution in [2.45, 2.75) is 26.4 Å². The molecule has 0 radical (unpaired) electrons. The third-order valence-electron chi connectivity index (χ3n) is 2.53. The van der Waals surface area contributed by atoms with E-state index in [2.05, 4.69) is 20.8 Å². The van der Waals surface area contributed by atoms with E-state index in [-0.39, 0.29) is 11.8 Å². The summed E-state index contributed by atoms with van der Waals surface area (Å²) in [6.07, 6.45) is 0. The monoisotopic (exact) mass is 280 g/mol. The fourth-order valence-electron chi connectivity index (χ4n) is 1.55. The van der Waals surface area contributed by atoms with Gasteiger partial charge in [-0.05, 0) is 12.1 Å². The predicted octanol–water partition coefficient (Wildman–Crippen LogP) is 2.46. The first-order valence-electron chi connectivity index (χ1n) is 6.25. The van der Waals surface area contributed by atoms with Gasteiger partial charge in [-0.1, -0.05) is 18.9 Å².